The number of nitrogens with zero attached hydrogens (tertiary/aromatic N) is 4. The van der Waals surface area contributed by atoms with E-state index in [1.54, 1.807) is 6.33 Å². The van der Waals surface area contributed by atoms with Gasteiger partial charge in [-0.25, -0.2) is 9.97 Å². The number of ether oxygens (including phenoxy) is 1. The van der Waals surface area contributed by atoms with Crippen molar-refractivity contribution in [3.05, 3.63) is 30.7 Å². The predicted molar refractivity (Wildman–Crippen MR) is 107 cm³/mol. The van der Waals surface area contributed by atoms with E-state index in [9.17, 15) is 4.79 Å². The maximum Gasteiger partial charge on any atom is 0.246 e. The van der Waals surface area contributed by atoms with Crippen molar-refractivity contribution in [1.82, 2.24) is 19.9 Å². The molecule has 2 aromatic rings. The Bertz CT molecular complexity index is 888. The Morgan fingerprint density at radius 2 is 2.11 bits per heavy atom. The van der Waals surface area contributed by atoms with Crippen molar-refractivity contribution >= 4 is 22.8 Å². The lowest BCUT2D eigenvalue weighted by atomic mass is 9.90. The molecule has 7 nitrogen and oxygen atoms in total. The number of rotatable bonds is 3. The number of amides is 1. The minimum Gasteiger partial charge on any atom is -0.381 e. The Morgan fingerprint density at radius 1 is 1.25 bits per heavy atom. The molecule has 3 fully saturated rings. The molecule has 2 aromatic heterocycles. The summed E-state index contributed by atoms with van der Waals surface area (Å²) in [6, 6.07) is 0.313. The maximum absolute atomic E-state index is 12.2. The minimum atomic E-state index is 0.0340. The fourth-order valence-corrected chi connectivity index (χ4v) is 5.27. The highest BCUT2D eigenvalue weighted by atomic mass is 16.5. The third-order valence-electron chi connectivity index (χ3n) is 6.68. The number of carbonyl (C=O) groups excluding carboxylic acids is 1. The van der Waals surface area contributed by atoms with Crippen molar-refractivity contribution in [2.24, 2.45) is 5.92 Å². The van der Waals surface area contributed by atoms with E-state index in [0.29, 0.717) is 17.9 Å². The maximum atomic E-state index is 12.2. The van der Waals surface area contributed by atoms with Gasteiger partial charge in [0.05, 0.1) is 11.4 Å². The van der Waals surface area contributed by atoms with Gasteiger partial charge in [0.25, 0.3) is 0 Å². The molecule has 28 heavy (non-hydrogen) atoms. The van der Waals surface area contributed by atoms with Gasteiger partial charge in [0, 0.05) is 39.0 Å². The smallest absolute Gasteiger partial charge is 0.246 e. The molecule has 2 atom stereocenters. The minimum absolute atomic E-state index is 0.0340. The zero-order chi connectivity index (χ0) is 19.1. The number of aromatic nitrogens is 3. The number of piperidine rings is 1. The molecule has 3 aliphatic rings. The van der Waals surface area contributed by atoms with Crippen LogP contribution in [-0.4, -0.2) is 64.6 Å². The first-order valence-electron chi connectivity index (χ1n) is 10.3. The van der Waals surface area contributed by atoms with E-state index < -0.39 is 0 Å². The third-order valence-corrected chi connectivity index (χ3v) is 6.68. The molecule has 1 N–H and O–H groups in total. The number of hydrogen-bond donors (Lipinski definition) is 1. The molecule has 3 saturated heterocycles. The van der Waals surface area contributed by atoms with Crippen LogP contribution in [-0.2, 0) is 9.53 Å². The van der Waals surface area contributed by atoms with Gasteiger partial charge in [0.15, 0.2) is 0 Å². The lowest BCUT2D eigenvalue weighted by molar-refractivity contribution is -0.125. The molecule has 0 saturated carbocycles. The van der Waals surface area contributed by atoms with Gasteiger partial charge < -0.3 is 19.5 Å². The van der Waals surface area contributed by atoms with Crippen LogP contribution in [0.5, 0.6) is 0 Å². The average molecular weight is 381 g/mol. The Kier molecular flexibility index (Phi) is 4.55. The van der Waals surface area contributed by atoms with Crippen LogP contribution < -0.4 is 4.90 Å². The quantitative estimate of drug-likeness (QED) is 0.827. The monoisotopic (exact) mass is 381 g/mol. The van der Waals surface area contributed by atoms with E-state index in [1.165, 1.54) is 11.6 Å². The Balaban J connectivity index is 1.52. The molecule has 5 rings (SSSR count). The molecule has 0 radical (unpaired) electrons. The van der Waals surface area contributed by atoms with Gasteiger partial charge in [-0.15, -0.1) is 0 Å². The van der Waals surface area contributed by atoms with Gasteiger partial charge in [-0.05, 0) is 49.2 Å². The van der Waals surface area contributed by atoms with Crippen LogP contribution in [0.1, 0.15) is 37.2 Å². The average Bonchev–Trinajstić information content (AvgIpc) is 3.38. The summed E-state index contributed by atoms with van der Waals surface area (Å²) in [5.41, 5.74) is 2.22. The van der Waals surface area contributed by atoms with Gasteiger partial charge in [0.1, 0.15) is 17.8 Å². The summed E-state index contributed by atoms with van der Waals surface area (Å²) in [6.07, 6.45) is 9.57. The van der Waals surface area contributed by atoms with Crippen LogP contribution in [0.2, 0.25) is 0 Å². The van der Waals surface area contributed by atoms with E-state index in [-0.39, 0.29) is 5.91 Å². The second-order valence-electron chi connectivity index (χ2n) is 8.16. The molecule has 0 spiro atoms. The van der Waals surface area contributed by atoms with Gasteiger partial charge in [-0.2, -0.15) is 0 Å². The van der Waals surface area contributed by atoms with Crippen LogP contribution in [0, 0.1) is 5.92 Å². The molecular formula is C21H27N5O2. The second kappa shape index (κ2) is 7.20. The standard InChI is InChI=1S/C21H27N5O2/c1-2-18(27)25-11-15-4-3-7-26(17(15)12-25)21-19-16(14-5-8-28-9-6-14)10-22-20(19)23-13-24-21/h2,10,13-15,17H,1,3-9,11-12H2,(H,22,23,24)/t15-,17+/m0/s1. The lowest BCUT2D eigenvalue weighted by Gasteiger charge is -2.38. The highest BCUT2D eigenvalue weighted by Gasteiger charge is 2.41. The number of carbonyl (C=O) groups is 1. The first kappa shape index (κ1) is 17.7. The number of nitrogens with one attached hydrogen (secondary N) is 1. The number of aromatic amines is 1. The summed E-state index contributed by atoms with van der Waals surface area (Å²) in [6.45, 7) is 7.82. The van der Waals surface area contributed by atoms with Crippen molar-refractivity contribution < 1.29 is 9.53 Å². The summed E-state index contributed by atoms with van der Waals surface area (Å²) in [7, 11) is 0. The molecule has 0 unspecified atom stereocenters. The molecule has 0 bridgehead atoms. The fourth-order valence-electron chi connectivity index (χ4n) is 5.27. The summed E-state index contributed by atoms with van der Waals surface area (Å²) >= 11 is 0. The number of H-pyrrole nitrogens is 1. The molecule has 7 heteroatoms. The normalized spacial score (nSPS) is 25.9. The lowest BCUT2D eigenvalue weighted by Crippen LogP contribution is -2.46. The Labute approximate surface area is 164 Å². The van der Waals surface area contributed by atoms with Crippen LogP contribution in [0.4, 0.5) is 5.82 Å². The topological polar surface area (TPSA) is 74.4 Å². The van der Waals surface area contributed by atoms with E-state index >= 15 is 0 Å². The molecular weight excluding hydrogens is 354 g/mol. The first-order valence-corrected chi connectivity index (χ1v) is 10.3. The fraction of sp³-hybridized carbons (Fsp3) is 0.571. The highest BCUT2D eigenvalue weighted by molar-refractivity contribution is 5.92. The van der Waals surface area contributed by atoms with E-state index in [2.05, 4.69) is 27.6 Å². The molecule has 3 aliphatic heterocycles. The van der Waals surface area contributed by atoms with Gasteiger partial charge in [0.2, 0.25) is 5.91 Å². The van der Waals surface area contributed by atoms with Gasteiger partial charge in [-0.3, -0.25) is 4.79 Å². The molecule has 148 valence electrons. The predicted octanol–water partition coefficient (Wildman–Crippen LogP) is 2.47. The van der Waals surface area contributed by atoms with Crippen LogP contribution in [0.3, 0.4) is 0 Å². The molecule has 0 aliphatic carbocycles. The SMILES string of the molecule is C=CC(=O)N1C[C@@H]2CCCN(c3ncnc4[nH]cc(C5CCOCC5)c34)[C@@H]2C1. The van der Waals surface area contributed by atoms with Gasteiger partial charge >= 0.3 is 0 Å². The summed E-state index contributed by atoms with van der Waals surface area (Å²) < 4.78 is 5.56. The third kappa shape index (κ3) is 2.89. The van der Waals surface area contributed by atoms with Crippen molar-refractivity contribution in [2.45, 2.75) is 37.6 Å². The number of likely N-dealkylation sites (tertiary alicyclic amines) is 1. The van der Waals surface area contributed by atoms with E-state index in [1.807, 2.05) is 4.90 Å². The molecule has 1 amide bonds. The zero-order valence-corrected chi connectivity index (χ0v) is 16.1. The number of fused-ring (bicyclic) bond motifs is 2. The summed E-state index contributed by atoms with van der Waals surface area (Å²) in [5.74, 6) is 2.03. The van der Waals surface area contributed by atoms with Crippen molar-refractivity contribution in [2.75, 3.05) is 37.7 Å². The molecule has 5 heterocycles. The van der Waals surface area contributed by atoms with Crippen molar-refractivity contribution in [3.8, 4) is 0 Å². The second-order valence-corrected chi connectivity index (χ2v) is 8.16. The van der Waals surface area contributed by atoms with Crippen LogP contribution in [0.25, 0.3) is 11.0 Å². The van der Waals surface area contributed by atoms with Gasteiger partial charge in [-0.1, -0.05) is 6.58 Å². The van der Waals surface area contributed by atoms with E-state index in [0.717, 1.165) is 75.4 Å². The van der Waals surface area contributed by atoms with Crippen molar-refractivity contribution in [3.63, 3.8) is 0 Å². The summed E-state index contributed by atoms with van der Waals surface area (Å²) in [4.78, 5) is 29.2. The number of anilines is 1. The molecule has 0 aromatic carbocycles. The zero-order valence-electron chi connectivity index (χ0n) is 16.1. The Hall–Kier alpha value is -2.41. The Morgan fingerprint density at radius 3 is 2.93 bits per heavy atom. The van der Waals surface area contributed by atoms with Crippen LogP contribution >= 0.6 is 0 Å². The first-order chi connectivity index (χ1) is 13.8. The highest BCUT2D eigenvalue weighted by Crippen LogP contribution is 2.40. The van der Waals surface area contributed by atoms with Crippen molar-refractivity contribution in [1.29, 1.82) is 0 Å². The van der Waals surface area contributed by atoms with E-state index in [4.69, 9.17) is 9.72 Å². The largest absolute Gasteiger partial charge is 0.381 e. The van der Waals surface area contributed by atoms with Crippen LogP contribution in [0.15, 0.2) is 25.2 Å². The summed E-state index contributed by atoms with van der Waals surface area (Å²) in [5, 5.41) is 1.16. The number of hydrogen-bond acceptors (Lipinski definition) is 5.